The maximum Gasteiger partial charge on any atom is 0.259 e. The number of carbonyl (C=O) groups is 1. The van der Waals surface area contributed by atoms with E-state index in [1.165, 1.54) is 22.5 Å². The Kier molecular flexibility index (Phi) is 2.71. The van der Waals surface area contributed by atoms with Gasteiger partial charge in [-0.2, -0.15) is 5.10 Å². The molecular formula is C12H13N3OS2. The summed E-state index contributed by atoms with van der Waals surface area (Å²) >= 11 is 3.17. The topological polar surface area (TPSA) is 60.9 Å². The van der Waals surface area contributed by atoms with Gasteiger partial charge in [0, 0.05) is 12.6 Å². The zero-order valence-electron chi connectivity index (χ0n) is 10.2. The van der Waals surface area contributed by atoms with Gasteiger partial charge >= 0.3 is 0 Å². The number of nitrogens with two attached hydrogens (primary N) is 1. The van der Waals surface area contributed by atoms with Crippen LogP contribution in [0.15, 0.2) is 10.4 Å². The van der Waals surface area contributed by atoms with Crippen molar-refractivity contribution in [3.8, 4) is 11.3 Å². The van der Waals surface area contributed by atoms with E-state index in [2.05, 4.69) is 5.10 Å². The van der Waals surface area contributed by atoms with Crippen molar-refractivity contribution in [1.82, 2.24) is 9.78 Å². The first kappa shape index (κ1) is 11.8. The highest BCUT2D eigenvalue weighted by Crippen LogP contribution is 2.45. The summed E-state index contributed by atoms with van der Waals surface area (Å²) in [7, 11) is 1.94. The second kappa shape index (κ2) is 4.13. The minimum atomic E-state index is -0.317. The summed E-state index contributed by atoms with van der Waals surface area (Å²) in [4.78, 5) is 12.2. The molecule has 1 aliphatic rings. The molecule has 94 valence electrons. The fourth-order valence-electron chi connectivity index (χ4n) is 2.51. The van der Waals surface area contributed by atoms with Gasteiger partial charge in [0.05, 0.1) is 21.0 Å². The molecule has 0 atom stereocenters. The number of aromatic nitrogens is 2. The molecule has 2 heterocycles. The van der Waals surface area contributed by atoms with Crippen molar-refractivity contribution in [2.75, 3.05) is 6.26 Å². The molecule has 1 amide bonds. The second-order valence-electron chi connectivity index (χ2n) is 4.28. The van der Waals surface area contributed by atoms with Crippen LogP contribution in [-0.2, 0) is 19.9 Å². The molecule has 1 aliphatic carbocycles. The first-order chi connectivity index (χ1) is 8.63. The number of thioether (sulfide) groups is 1. The molecular weight excluding hydrogens is 266 g/mol. The van der Waals surface area contributed by atoms with Crippen molar-refractivity contribution < 1.29 is 4.79 Å². The van der Waals surface area contributed by atoms with Crippen molar-refractivity contribution in [2.45, 2.75) is 17.1 Å². The lowest BCUT2D eigenvalue weighted by Gasteiger charge is -2.15. The van der Waals surface area contributed by atoms with Crippen molar-refractivity contribution in [3.63, 3.8) is 0 Å². The number of carbonyl (C=O) groups excluding carboxylic acids is 1. The second-order valence-corrected chi connectivity index (χ2v) is 6.38. The van der Waals surface area contributed by atoms with Crippen molar-refractivity contribution in [2.24, 2.45) is 12.8 Å². The van der Waals surface area contributed by atoms with Crippen LogP contribution in [0.2, 0.25) is 0 Å². The van der Waals surface area contributed by atoms with Crippen molar-refractivity contribution in [3.05, 3.63) is 22.2 Å². The van der Waals surface area contributed by atoms with Gasteiger partial charge in [-0.3, -0.25) is 9.48 Å². The normalized spacial score (nSPS) is 13.2. The van der Waals surface area contributed by atoms with Crippen LogP contribution in [0, 0.1) is 0 Å². The Labute approximate surface area is 113 Å². The summed E-state index contributed by atoms with van der Waals surface area (Å²) in [6.45, 7) is 0. The fourth-order valence-corrected chi connectivity index (χ4v) is 4.45. The van der Waals surface area contributed by atoms with Gasteiger partial charge in [0.15, 0.2) is 0 Å². The van der Waals surface area contributed by atoms with E-state index in [9.17, 15) is 4.79 Å². The summed E-state index contributed by atoms with van der Waals surface area (Å²) in [6, 6.07) is 0. The lowest BCUT2D eigenvalue weighted by molar-refractivity contribution is 0.100. The van der Waals surface area contributed by atoms with E-state index in [0.29, 0.717) is 4.88 Å². The molecule has 0 spiro atoms. The largest absolute Gasteiger partial charge is 0.365 e. The van der Waals surface area contributed by atoms with Gasteiger partial charge < -0.3 is 5.73 Å². The lowest BCUT2D eigenvalue weighted by atomic mass is 9.92. The maximum absolute atomic E-state index is 11.5. The molecule has 0 unspecified atom stereocenters. The first-order valence-electron chi connectivity index (χ1n) is 5.64. The molecule has 6 heteroatoms. The van der Waals surface area contributed by atoms with E-state index in [0.717, 1.165) is 28.3 Å². The molecule has 0 bridgehead atoms. The highest BCUT2D eigenvalue weighted by molar-refractivity contribution is 8.00. The molecule has 0 aromatic carbocycles. The number of aryl methyl sites for hydroxylation is 2. The number of amides is 1. The van der Waals surface area contributed by atoms with Crippen molar-refractivity contribution in [1.29, 1.82) is 0 Å². The number of nitrogens with zero attached hydrogens (tertiary/aromatic N) is 2. The van der Waals surface area contributed by atoms with Crippen LogP contribution in [0.5, 0.6) is 0 Å². The van der Waals surface area contributed by atoms with Crippen LogP contribution in [-0.4, -0.2) is 21.9 Å². The Bertz CT molecular complexity index is 642. The molecule has 4 nitrogen and oxygen atoms in total. The van der Waals surface area contributed by atoms with Crippen LogP contribution < -0.4 is 5.73 Å². The Morgan fingerprint density at radius 1 is 1.56 bits per heavy atom. The molecule has 0 saturated carbocycles. The van der Waals surface area contributed by atoms with E-state index >= 15 is 0 Å². The molecule has 2 N–H and O–H groups in total. The van der Waals surface area contributed by atoms with Crippen LogP contribution in [0.1, 0.15) is 20.8 Å². The summed E-state index contributed by atoms with van der Waals surface area (Å²) < 4.78 is 3.05. The molecule has 3 rings (SSSR count). The van der Waals surface area contributed by atoms with Gasteiger partial charge in [0.1, 0.15) is 0 Å². The van der Waals surface area contributed by atoms with E-state index in [1.54, 1.807) is 11.8 Å². The number of hydrogen-bond acceptors (Lipinski definition) is 4. The van der Waals surface area contributed by atoms with Gasteiger partial charge in [-0.25, -0.2) is 0 Å². The predicted molar refractivity (Wildman–Crippen MR) is 74.2 cm³/mol. The predicted octanol–water partition coefficient (Wildman–Crippen LogP) is 2.07. The number of fused-ring (bicyclic) bond motifs is 3. The standard InChI is InChI=1S/C12H13N3OS2/c1-15-9-6(5-14-15)3-4-7-8(9)12(17-2)18-10(7)11(13)16/h5H,3-4H2,1-2H3,(H2,13,16). The number of hydrogen-bond donors (Lipinski definition) is 1. The zero-order chi connectivity index (χ0) is 12.9. The summed E-state index contributed by atoms with van der Waals surface area (Å²) in [5.74, 6) is -0.317. The molecule has 0 aliphatic heterocycles. The third kappa shape index (κ3) is 1.52. The monoisotopic (exact) mass is 279 g/mol. The lowest BCUT2D eigenvalue weighted by Crippen LogP contribution is -2.13. The average molecular weight is 279 g/mol. The number of rotatable bonds is 2. The van der Waals surface area contributed by atoms with Crippen molar-refractivity contribution >= 4 is 29.0 Å². The Morgan fingerprint density at radius 2 is 2.33 bits per heavy atom. The van der Waals surface area contributed by atoms with Crippen LogP contribution in [0.3, 0.4) is 0 Å². The molecule has 0 radical (unpaired) electrons. The van der Waals surface area contributed by atoms with Gasteiger partial charge in [-0.15, -0.1) is 23.1 Å². The Morgan fingerprint density at radius 3 is 3.00 bits per heavy atom. The first-order valence-corrected chi connectivity index (χ1v) is 7.68. The molecule has 2 aromatic heterocycles. The quantitative estimate of drug-likeness (QED) is 0.856. The highest BCUT2D eigenvalue weighted by atomic mass is 32.2. The molecule has 0 saturated heterocycles. The van der Waals surface area contributed by atoms with Crippen LogP contribution in [0.25, 0.3) is 11.3 Å². The van der Waals surface area contributed by atoms with E-state index in [4.69, 9.17) is 5.73 Å². The third-order valence-electron chi connectivity index (χ3n) is 3.28. The fraction of sp³-hybridized carbons (Fsp3) is 0.333. The SMILES string of the molecule is CSc1sc(C(N)=O)c2c1-c1c(cnn1C)CC2. The smallest absolute Gasteiger partial charge is 0.259 e. The van der Waals surface area contributed by atoms with Gasteiger partial charge in [0.25, 0.3) is 5.91 Å². The molecule has 0 fully saturated rings. The summed E-state index contributed by atoms with van der Waals surface area (Å²) in [6.07, 6.45) is 5.76. The van der Waals surface area contributed by atoms with Gasteiger partial charge in [-0.05, 0) is 30.2 Å². The van der Waals surface area contributed by atoms with E-state index in [1.807, 2.05) is 24.2 Å². The molecule has 2 aromatic rings. The van der Waals surface area contributed by atoms with Gasteiger partial charge in [0.2, 0.25) is 0 Å². The van der Waals surface area contributed by atoms with Gasteiger partial charge in [-0.1, -0.05) is 0 Å². The molecule has 18 heavy (non-hydrogen) atoms. The minimum Gasteiger partial charge on any atom is -0.365 e. The Balaban J connectivity index is 2.32. The van der Waals surface area contributed by atoms with E-state index in [-0.39, 0.29) is 5.91 Å². The maximum atomic E-state index is 11.5. The highest BCUT2D eigenvalue weighted by Gasteiger charge is 2.29. The third-order valence-corrected chi connectivity index (χ3v) is 5.65. The van der Waals surface area contributed by atoms with Crippen LogP contribution >= 0.6 is 23.1 Å². The zero-order valence-corrected chi connectivity index (χ0v) is 11.8. The van der Waals surface area contributed by atoms with E-state index < -0.39 is 0 Å². The number of primary amides is 1. The van der Waals surface area contributed by atoms with Crippen LogP contribution in [0.4, 0.5) is 0 Å². The summed E-state index contributed by atoms with van der Waals surface area (Å²) in [5, 5.41) is 4.32. The average Bonchev–Trinajstić information content (AvgIpc) is 2.89. The number of thiophene rings is 1. The Hall–Kier alpha value is -1.27. The minimum absolute atomic E-state index is 0.317. The summed E-state index contributed by atoms with van der Waals surface area (Å²) in [5.41, 5.74) is 10.2.